The van der Waals surface area contributed by atoms with Crippen LogP contribution in [0.25, 0.3) is 11.3 Å². The maximum atomic E-state index is 13.2. The number of halogens is 4. The predicted molar refractivity (Wildman–Crippen MR) is 167 cm³/mol. The van der Waals surface area contributed by atoms with Crippen molar-refractivity contribution in [3.63, 3.8) is 0 Å². The molecule has 46 heavy (non-hydrogen) atoms. The number of ether oxygens (including phenoxy) is 1. The number of alkyl halides is 4. The third kappa shape index (κ3) is 11.0. The van der Waals surface area contributed by atoms with Crippen molar-refractivity contribution in [3.05, 3.63) is 54.9 Å². The molecule has 0 saturated carbocycles. The normalized spacial score (nSPS) is 16.0. The number of nitrogens with two attached hydrogens (primary N) is 1. The van der Waals surface area contributed by atoms with Gasteiger partial charge in [0.15, 0.2) is 0 Å². The number of carbonyl (C=O) groups excluding carboxylic acids is 1. The molecule has 1 aromatic carbocycles. The lowest BCUT2D eigenvalue weighted by Crippen LogP contribution is -2.46. The van der Waals surface area contributed by atoms with Crippen LogP contribution in [-0.4, -0.2) is 127 Å². The summed E-state index contributed by atoms with van der Waals surface area (Å²) in [4.78, 5) is 30.2. The average Bonchev–Trinajstić information content (AvgIpc) is 3.06. The zero-order chi connectivity index (χ0) is 32.8. The van der Waals surface area contributed by atoms with E-state index < -0.39 is 18.3 Å². The summed E-state index contributed by atoms with van der Waals surface area (Å²) in [7, 11) is 0. The van der Waals surface area contributed by atoms with Gasteiger partial charge in [0, 0.05) is 108 Å². The fourth-order valence-electron chi connectivity index (χ4n) is 4.79. The van der Waals surface area contributed by atoms with Gasteiger partial charge in [-0.25, -0.2) is 15.0 Å². The Morgan fingerprint density at radius 2 is 1.72 bits per heavy atom. The van der Waals surface area contributed by atoms with Gasteiger partial charge in [0.05, 0.1) is 5.69 Å². The Bertz CT molecular complexity index is 1360. The number of aromatic nitrogens is 3. The van der Waals surface area contributed by atoms with Crippen molar-refractivity contribution in [2.75, 3.05) is 89.2 Å². The third-order valence-electron chi connectivity index (χ3n) is 7.25. The van der Waals surface area contributed by atoms with E-state index in [-0.39, 0.29) is 11.6 Å². The second-order valence-electron chi connectivity index (χ2n) is 10.6. The summed E-state index contributed by atoms with van der Waals surface area (Å²) in [6.45, 7) is 11.0. The molecule has 3 aromatic rings. The van der Waals surface area contributed by atoms with E-state index in [1.54, 1.807) is 23.2 Å². The molecule has 2 aliphatic rings. The number of pyridine rings is 1. The highest BCUT2D eigenvalue weighted by Gasteiger charge is 2.44. The molecule has 2 saturated heterocycles. The molecule has 0 unspecified atom stereocenters. The number of nitrogens with zero attached hydrogens (tertiary/aromatic N) is 6. The van der Waals surface area contributed by atoms with E-state index in [2.05, 4.69) is 45.4 Å². The molecule has 2 fully saturated rings. The minimum Gasteiger partial charge on any atom is -0.428 e. The van der Waals surface area contributed by atoms with E-state index in [9.17, 15) is 22.4 Å². The van der Waals surface area contributed by atoms with E-state index in [4.69, 9.17) is 5.73 Å². The van der Waals surface area contributed by atoms with Crippen LogP contribution in [0.2, 0.25) is 0 Å². The first-order chi connectivity index (χ1) is 22.3. The molecule has 2 aliphatic heterocycles. The summed E-state index contributed by atoms with van der Waals surface area (Å²) in [5, 5.41) is 9.45. The Kier molecular flexibility index (Phi) is 13.3. The third-order valence-corrected chi connectivity index (χ3v) is 7.25. The number of piperazine rings is 2. The van der Waals surface area contributed by atoms with Gasteiger partial charge in [0.25, 0.3) is 0 Å². The first-order valence-electron chi connectivity index (χ1n) is 15.1. The highest BCUT2D eigenvalue weighted by molar-refractivity contribution is 5.65. The first-order valence-corrected chi connectivity index (χ1v) is 15.1. The van der Waals surface area contributed by atoms with Gasteiger partial charge in [-0.15, -0.1) is 0 Å². The van der Waals surface area contributed by atoms with E-state index in [0.717, 1.165) is 96.1 Å². The minimum atomic E-state index is -4.60. The summed E-state index contributed by atoms with van der Waals surface area (Å²) < 4.78 is 55.4. The molecule has 1 amide bonds. The van der Waals surface area contributed by atoms with Gasteiger partial charge in [-0.3, -0.25) is 14.6 Å². The molecule has 4 heterocycles. The Balaban J connectivity index is 0.000000459. The number of benzene rings is 1. The summed E-state index contributed by atoms with van der Waals surface area (Å²) >= 11 is 0. The van der Waals surface area contributed by atoms with Crippen molar-refractivity contribution in [1.29, 1.82) is 0 Å². The molecule has 12 nitrogen and oxygen atoms in total. The van der Waals surface area contributed by atoms with Crippen LogP contribution in [0.15, 0.2) is 54.9 Å². The molecule has 5 rings (SSSR count). The van der Waals surface area contributed by atoms with Crippen molar-refractivity contribution in [3.8, 4) is 17.0 Å². The van der Waals surface area contributed by atoms with Crippen molar-refractivity contribution < 1.29 is 27.1 Å². The summed E-state index contributed by atoms with van der Waals surface area (Å²) in [5.74, 6) is 0.417. The fourth-order valence-corrected chi connectivity index (χ4v) is 4.79. The van der Waals surface area contributed by atoms with Crippen LogP contribution in [-0.2, 0) is 4.79 Å². The Hall–Kier alpha value is -4.12. The number of hydrogen-bond acceptors (Lipinski definition) is 11. The quantitative estimate of drug-likeness (QED) is 0.161. The number of carbonyl (C=O) groups is 1. The van der Waals surface area contributed by atoms with Crippen molar-refractivity contribution in [2.45, 2.75) is 12.5 Å². The molecule has 16 heteroatoms. The van der Waals surface area contributed by atoms with Gasteiger partial charge in [-0.1, -0.05) is 6.07 Å². The van der Waals surface area contributed by atoms with Crippen LogP contribution in [0.3, 0.4) is 0 Å². The predicted octanol–water partition coefficient (Wildman–Crippen LogP) is 2.56. The minimum absolute atomic E-state index is 0.177. The molecule has 5 N–H and O–H groups in total. The second kappa shape index (κ2) is 17.5. The summed E-state index contributed by atoms with van der Waals surface area (Å²) in [6, 6.07) is 10.6. The number of rotatable bonds is 13. The number of anilines is 3. The van der Waals surface area contributed by atoms with E-state index in [1.165, 1.54) is 18.3 Å². The van der Waals surface area contributed by atoms with Crippen LogP contribution in [0.1, 0.15) is 0 Å². The molecule has 0 bridgehead atoms. The molecule has 2 aromatic heterocycles. The SMILES string of the molecule is NCCN1CCNCC1.O=CN1CCN(CCNc2cc(-c3ccnc(Nc4cccc(OC(F)(F)C(F)F)c4)n3)ccn2)CC1. The van der Waals surface area contributed by atoms with E-state index >= 15 is 0 Å². The molecular formula is C30H40F4N10O2. The van der Waals surface area contributed by atoms with Gasteiger partial charge in [0.2, 0.25) is 12.4 Å². The summed E-state index contributed by atoms with van der Waals surface area (Å²) in [6.07, 6.45) is -4.50. The number of amides is 1. The van der Waals surface area contributed by atoms with Gasteiger partial charge in [-0.05, 0) is 30.3 Å². The monoisotopic (exact) mass is 648 g/mol. The van der Waals surface area contributed by atoms with Gasteiger partial charge < -0.3 is 31.3 Å². The van der Waals surface area contributed by atoms with Crippen LogP contribution in [0, 0.1) is 0 Å². The first kappa shape index (κ1) is 34.7. The Morgan fingerprint density at radius 1 is 0.978 bits per heavy atom. The average molecular weight is 649 g/mol. The molecule has 250 valence electrons. The maximum absolute atomic E-state index is 13.2. The van der Waals surface area contributed by atoms with Crippen LogP contribution >= 0.6 is 0 Å². The van der Waals surface area contributed by atoms with E-state index in [0.29, 0.717) is 18.1 Å². The lowest BCUT2D eigenvalue weighted by atomic mass is 10.2. The highest BCUT2D eigenvalue weighted by atomic mass is 19.3. The molecule has 0 atom stereocenters. The lowest BCUT2D eigenvalue weighted by molar-refractivity contribution is -0.253. The molecule has 0 aliphatic carbocycles. The molecule has 0 radical (unpaired) electrons. The zero-order valence-electron chi connectivity index (χ0n) is 25.4. The topological polar surface area (TPSA) is 137 Å². The number of nitrogens with one attached hydrogen (secondary N) is 3. The smallest absolute Gasteiger partial charge is 0.428 e. The highest BCUT2D eigenvalue weighted by Crippen LogP contribution is 2.29. The second-order valence-corrected chi connectivity index (χ2v) is 10.6. The number of hydrogen-bond donors (Lipinski definition) is 4. The largest absolute Gasteiger partial charge is 0.461 e. The van der Waals surface area contributed by atoms with Crippen molar-refractivity contribution in [2.24, 2.45) is 5.73 Å². The van der Waals surface area contributed by atoms with Crippen LogP contribution in [0.4, 0.5) is 35.0 Å². The van der Waals surface area contributed by atoms with Crippen LogP contribution < -0.4 is 26.4 Å². The standard InChI is InChI=1S/C24H25F4N7O2.C6H15N3/c25-22(26)24(27,28)37-19-3-1-2-18(15-19)32-23-31-7-5-20(33-23)17-4-6-29-21(14-17)30-8-9-34-10-12-35(16-36)13-11-34;7-1-4-9-5-2-8-3-6-9/h1-7,14-16,22H,8-13H2,(H,29,30)(H,31,32,33);8H,1-7H2. The van der Waals surface area contributed by atoms with Gasteiger partial charge in [-0.2, -0.15) is 17.6 Å². The Morgan fingerprint density at radius 3 is 2.43 bits per heavy atom. The maximum Gasteiger partial charge on any atom is 0.461 e. The lowest BCUT2D eigenvalue weighted by Gasteiger charge is -2.32. The van der Waals surface area contributed by atoms with Gasteiger partial charge >= 0.3 is 12.5 Å². The summed E-state index contributed by atoms with van der Waals surface area (Å²) in [5.41, 5.74) is 7.04. The molecular weight excluding hydrogens is 608 g/mol. The van der Waals surface area contributed by atoms with E-state index in [1.807, 2.05) is 6.07 Å². The van der Waals surface area contributed by atoms with Gasteiger partial charge in [0.1, 0.15) is 11.6 Å². The molecule has 0 spiro atoms. The fraction of sp³-hybridized carbons (Fsp3) is 0.467. The van der Waals surface area contributed by atoms with Crippen LogP contribution in [0.5, 0.6) is 5.75 Å². The zero-order valence-corrected chi connectivity index (χ0v) is 25.4. The Labute approximate surface area is 265 Å². The van der Waals surface area contributed by atoms with Crippen molar-refractivity contribution in [1.82, 2.24) is 35.0 Å². The van der Waals surface area contributed by atoms with Crippen molar-refractivity contribution >= 4 is 23.9 Å².